The molecular formula is C7H14N2O4. The fourth-order valence-electron chi connectivity index (χ4n) is 0.625. The monoisotopic (exact) mass is 190 g/mol. The predicted molar refractivity (Wildman–Crippen MR) is 44.6 cm³/mol. The minimum atomic E-state index is -0.914. The van der Waals surface area contributed by atoms with Gasteiger partial charge in [0.1, 0.15) is 0 Å². The van der Waals surface area contributed by atoms with Crippen molar-refractivity contribution in [3.63, 3.8) is 0 Å². The smallest absolute Gasteiger partial charge is 0.324 e. The molecule has 0 heterocycles. The van der Waals surface area contributed by atoms with Gasteiger partial charge < -0.3 is 15.7 Å². The molecule has 6 nitrogen and oxygen atoms in total. The summed E-state index contributed by atoms with van der Waals surface area (Å²) in [7, 11) is 0. The molecule has 0 spiro atoms. The summed E-state index contributed by atoms with van der Waals surface area (Å²) >= 11 is 0. The number of hydrogen-bond donors (Lipinski definition) is 3. The van der Waals surface area contributed by atoms with E-state index in [1.807, 2.05) is 0 Å². The van der Waals surface area contributed by atoms with Gasteiger partial charge in [0.25, 0.3) is 0 Å². The third kappa shape index (κ3) is 8.77. The third-order valence-corrected chi connectivity index (χ3v) is 1.20. The van der Waals surface area contributed by atoms with Gasteiger partial charge in [-0.3, -0.25) is 9.59 Å². The molecule has 0 saturated heterocycles. The van der Waals surface area contributed by atoms with Gasteiger partial charge in [-0.05, 0) is 6.42 Å². The third-order valence-electron chi connectivity index (χ3n) is 1.20. The van der Waals surface area contributed by atoms with E-state index in [4.69, 9.17) is 10.8 Å². The first-order valence-electron chi connectivity index (χ1n) is 4.01. The van der Waals surface area contributed by atoms with Crippen LogP contribution in [0, 0.1) is 0 Å². The number of carbonyl (C=O) groups excluding carboxylic acids is 1. The average Bonchev–Trinajstić information content (AvgIpc) is 2.04. The van der Waals surface area contributed by atoms with Crippen LogP contribution in [0.5, 0.6) is 0 Å². The fourth-order valence-corrected chi connectivity index (χ4v) is 0.625. The first-order valence-corrected chi connectivity index (χ1v) is 4.01. The van der Waals surface area contributed by atoms with Gasteiger partial charge >= 0.3 is 11.9 Å². The Hall–Kier alpha value is -1.14. The van der Waals surface area contributed by atoms with Crippen LogP contribution >= 0.6 is 0 Å². The van der Waals surface area contributed by atoms with Crippen molar-refractivity contribution in [1.29, 1.82) is 0 Å². The van der Waals surface area contributed by atoms with Crippen molar-refractivity contribution in [3.8, 4) is 0 Å². The van der Waals surface area contributed by atoms with Crippen LogP contribution in [-0.2, 0) is 14.4 Å². The van der Waals surface area contributed by atoms with E-state index in [0.29, 0.717) is 19.5 Å². The highest BCUT2D eigenvalue weighted by molar-refractivity contribution is 5.71. The average molecular weight is 190 g/mol. The van der Waals surface area contributed by atoms with Crippen LogP contribution in [0.2, 0.25) is 0 Å². The van der Waals surface area contributed by atoms with Crippen molar-refractivity contribution in [2.75, 3.05) is 13.1 Å². The van der Waals surface area contributed by atoms with Crippen LogP contribution in [0.15, 0.2) is 0 Å². The number of aliphatic carboxylic acids is 1. The van der Waals surface area contributed by atoms with Crippen LogP contribution in [0.25, 0.3) is 0 Å². The van der Waals surface area contributed by atoms with Crippen molar-refractivity contribution < 1.29 is 19.5 Å². The summed E-state index contributed by atoms with van der Waals surface area (Å²) in [5.41, 5.74) is 7.47. The van der Waals surface area contributed by atoms with Gasteiger partial charge in [-0.25, -0.2) is 0 Å². The van der Waals surface area contributed by atoms with Crippen molar-refractivity contribution in [3.05, 3.63) is 0 Å². The number of hydrogen-bond acceptors (Lipinski definition) is 5. The van der Waals surface area contributed by atoms with Crippen LogP contribution in [0.4, 0.5) is 0 Å². The molecule has 0 aromatic rings. The van der Waals surface area contributed by atoms with Crippen LogP contribution < -0.4 is 11.2 Å². The van der Waals surface area contributed by atoms with Gasteiger partial charge in [0, 0.05) is 25.9 Å². The van der Waals surface area contributed by atoms with Crippen molar-refractivity contribution in [2.24, 2.45) is 5.73 Å². The number of carboxylic acid groups (broad SMARTS) is 1. The van der Waals surface area contributed by atoms with Crippen molar-refractivity contribution in [1.82, 2.24) is 5.48 Å². The molecule has 0 aliphatic rings. The van der Waals surface area contributed by atoms with Gasteiger partial charge in [-0.1, -0.05) is 0 Å². The predicted octanol–water partition coefficient (Wildman–Crippen LogP) is -0.752. The lowest BCUT2D eigenvalue weighted by atomic mass is 10.2. The second kappa shape index (κ2) is 7.51. The topological polar surface area (TPSA) is 102 Å². The number of carbonyl (C=O) groups is 2. The van der Waals surface area contributed by atoms with E-state index >= 15 is 0 Å². The maximum atomic E-state index is 10.8. The Morgan fingerprint density at radius 2 is 2.08 bits per heavy atom. The molecule has 6 heteroatoms. The van der Waals surface area contributed by atoms with Gasteiger partial charge in [0.2, 0.25) is 0 Å². The molecule has 0 aliphatic carbocycles. The Morgan fingerprint density at radius 1 is 1.38 bits per heavy atom. The zero-order chi connectivity index (χ0) is 10.1. The van der Waals surface area contributed by atoms with Crippen LogP contribution in [-0.4, -0.2) is 30.1 Å². The van der Waals surface area contributed by atoms with E-state index < -0.39 is 11.9 Å². The molecule has 0 saturated carbocycles. The van der Waals surface area contributed by atoms with Crippen LogP contribution in [0.1, 0.15) is 19.3 Å². The fraction of sp³-hybridized carbons (Fsp3) is 0.714. The van der Waals surface area contributed by atoms with E-state index in [9.17, 15) is 9.59 Å². The number of nitrogens with two attached hydrogens (primary N) is 1. The zero-order valence-electron chi connectivity index (χ0n) is 7.28. The largest absolute Gasteiger partial charge is 0.481 e. The molecule has 76 valence electrons. The molecule has 0 bridgehead atoms. The summed E-state index contributed by atoms with van der Waals surface area (Å²) in [6.07, 6.45) is 0.369. The molecule has 0 unspecified atom stereocenters. The summed E-state index contributed by atoms with van der Waals surface area (Å²) in [4.78, 5) is 25.3. The maximum Gasteiger partial charge on any atom is 0.324 e. The number of hydroxylamine groups is 1. The molecule has 0 fully saturated rings. The molecule has 0 radical (unpaired) electrons. The molecule has 0 rings (SSSR count). The quantitative estimate of drug-likeness (QED) is 0.360. The highest BCUT2D eigenvalue weighted by Crippen LogP contribution is 1.96. The highest BCUT2D eigenvalue weighted by atomic mass is 16.7. The van der Waals surface area contributed by atoms with E-state index in [-0.39, 0.29) is 12.8 Å². The lowest BCUT2D eigenvalue weighted by Gasteiger charge is -2.02. The Labute approximate surface area is 76.0 Å². The Bertz CT molecular complexity index is 172. The zero-order valence-corrected chi connectivity index (χ0v) is 7.28. The van der Waals surface area contributed by atoms with E-state index in [0.717, 1.165) is 0 Å². The Kier molecular flexibility index (Phi) is 6.85. The lowest BCUT2D eigenvalue weighted by molar-refractivity contribution is -0.151. The Balaban J connectivity index is 3.25. The summed E-state index contributed by atoms with van der Waals surface area (Å²) in [6.45, 7) is 0.771. The van der Waals surface area contributed by atoms with E-state index in [1.165, 1.54) is 0 Å². The second-order valence-corrected chi connectivity index (χ2v) is 2.40. The van der Waals surface area contributed by atoms with Gasteiger partial charge in [-0.2, -0.15) is 5.48 Å². The van der Waals surface area contributed by atoms with Gasteiger partial charge in [0.15, 0.2) is 0 Å². The standard InChI is InChI=1S/C7H14N2O4/c8-4-5-9-13-7(12)3-1-2-6(10)11/h9H,1-5,8H2,(H,10,11). The first-order chi connectivity index (χ1) is 6.16. The van der Waals surface area contributed by atoms with Gasteiger partial charge in [-0.15, -0.1) is 0 Å². The van der Waals surface area contributed by atoms with Crippen LogP contribution in [0.3, 0.4) is 0 Å². The lowest BCUT2D eigenvalue weighted by Crippen LogP contribution is -2.25. The summed E-state index contributed by atoms with van der Waals surface area (Å²) in [5, 5.41) is 8.26. The summed E-state index contributed by atoms with van der Waals surface area (Å²) in [5.74, 6) is -1.38. The first kappa shape index (κ1) is 11.9. The van der Waals surface area contributed by atoms with E-state index in [1.54, 1.807) is 0 Å². The van der Waals surface area contributed by atoms with Gasteiger partial charge in [0.05, 0.1) is 0 Å². The minimum Gasteiger partial charge on any atom is -0.481 e. The molecular weight excluding hydrogens is 176 g/mol. The molecule has 13 heavy (non-hydrogen) atoms. The molecule has 0 amide bonds. The van der Waals surface area contributed by atoms with Crippen molar-refractivity contribution >= 4 is 11.9 Å². The minimum absolute atomic E-state index is 0.0218. The summed E-state index contributed by atoms with van der Waals surface area (Å²) in [6, 6.07) is 0. The molecule has 0 aromatic carbocycles. The summed E-state index contributed by atoms with van der Waals surface area (Å²) < 4.78 is 0. The molecule has 4 N–H and O–H groups in total. The Morgan fingerprint density at radius 3 is 2.62 bits per heavy atom. The maximum absolute atomic E-state index is 10.8. The molecule has 0 aromatic heterocycles. The van der Waals surface area contributed by atoms with Crippen molar-refractivity contribution in [2.45, 2.75) is 19.3 Å². The molecule has 0 aliphatic heterocycles. The number of nitrogens with one attached hydrogen (secondary N) is 1. The highest BCUT2D eigenvalue weighted by Gasteiger charge is 2.04. The SMILES string of the molecule is NCCNOC(=O)CCCC(=O)O. The van der Waals surface area contributed by atoms with E-state index in [2.05, 4.69) is 10.3 Å². The number of rotatable bonds is 7. The molecule has 0 atom stereocenters. The number of carboxylic acids is 1. The second-order valence-electron chi connectivity index (χ2n) is 2.40. The normalized spacial score (nSPS) is 9.62.